The van der Waals surface area contributed by atoms with Crippen LogP contribution in [0.25, 0.3) is 0 Å². The van der Waals surface area contributed by atoms with E-state index in [0.717, 1.165) is 0 Å². The summed E-state index contributed by atoms with van der Waals surface area (Å²) in [6, 6.07) is 0.427. The van der Waals surface area contributed by atoms with Gasteiger partial charge in [-0.05, 0) is 6.92 Å². The Morgan fingerprint density at radius 3 is 2.39 bits per heavy atom. The van der Waals surface area contributed by atoms with E-state index in [9.17, 15) is 22.0 Å². The summed E-state index contributed by atoms with van der Waals surface area (Å²) in [7, 11) is 0. The fourth-order valence-corrected chi connectivity index (χ4v) is 1.33. The van der Waals surface area contributed by atoms with Gasteiger partial charge in [-0.25, -0.2) is 19.6 Å². The molecule has 0 unspecified atom stereocenters. The maximum Gasteiger partial charge on any atom is 0.405 e. The molecule has 0 aliphatic carbocycles. The van der Waals surface area contributed by atoms with Crippen molar-refractivity contribution in [3.63, 3.8) is 0 Å². The minimum Gasteiger partial charge on any atom is -0.345 e. The van der Waals surface area contributed by atoms with Crippen LogP contribution < -0.4 is 16.2 Å². The number of hydrogen-bond donors (Lipinski definition) is 2. The van der Waals surface area contributed by atoms with Crippen molar-refractivity contribution in [1.29, 1.82) is 0 Å². The van der Waals surface area contributed by atoms with Crippen LogP contribution in [-0.2, 0) is 0 Å². The molecule has 0 bridgehead atoms. The zero-order valence-corrected chi connectivity index (χ0v) is 9.35. The van der Waals surface area contributed by atoms with Gasteiger partial charge in [-0.15, -0.1) is 0 Å². The molecule has 0 amide bonds. The van der Waals surface area contributed by atoms with Gasteiger partial charge in [0.2, 0.25) is 0 Å². The average molecular weight is 270 g/mol. The summed E-state index contributed by atoms with van der Waals surface area (Å²) >= 11 is 0. The van der Waals surface area contributed by atoms with Gasteiger partial charge < -0.3 is 10.3 Å². The minimum atomic E-state index is -4.52. The predicted octanol–water partition coefficient (Wildman–Crippen LogP) is 2.03. The highest BCUT2D eigenvalue weighted by atomic mass is 19.4. The van der Waals surface area contributed by atoms with E-state index in [2.05, 4.69) is 4.98 Å². The van der Waals surface area contributed by atoms with Crippen molar-refractivity contribution < 1.29 is 22.0 Å². The molecule has 0 radical (unpaired) electrons. The van der Waals surface area contributed by atoms with Gasteiger partial charge in [0, 0.05) is 12.6 Å². The number of hydrazine groups is 1. The summed E-state index contributed by atoms with van der Waals surface area (Å²) in [4.78, 5) is 4.02. The smallest absolute Gasteiger partial charge is 0.345 e. The molecule has 3 N–H and O–H groups in total. The zero-order chi connectivity index (χ0) is 13.9. The molecular weight excluding hydrogens is 259 g/mol. The van der Waals surface area contributed by atoms with Crippen molar-refractivity contribution in [3.8, 4) is 0 Å². The van der Waals surface area contributed by atoms with Gasteiger partial charge >= 0.3 is 6.18 Å². The summed E-state index contributed by atoms with van der Waals surface area (Å²) < 4.78 is 63.2. The highest BCUT2D eigenvalue weighted by Gasteiger charge is 2.32. The van der Waals surface area contributed by atoms with E-state index in [1.165, 1.54) is 6.92 Å². The molecule has 1 heterocycles. The second kappa shape index (κ2) is 5.34. The Morgan fingerprint density at radius 2 is 1.94 bits per heavy atom. The quantitative estimate of drug-likeness (QED) is 0.499. The van der Waals surface area contributed by atoms with Crippen molar-refractivity contribution in [2.45, 2.75) is 13.1 Å². The number of nitrogen functional groups attached to an aromatic ring is 1. The Balaban J connectivity index is 3.13. The molecule has 1 aromatic heterocycles. The molecule has 0 saturated heterocycles. The second-order valence-electron chi connectivity index (χ2n) is 3.40. The van der Waals surface area contributed by atoms with Crippen LogP contribution in [0.1, 0.15) is 6.92 Å². The number of nitrogens with one attached hydrogen (secondary N) is 1. The molecule has 0 aliphatic heterocycles. The maximum atomic E-state index is 13.4. The van der Waals surface area contributed by atoms with E-state index in [1.54, 1.807) is 0 Å². The lowest BCUT2D eigenvalue weighted by Crippen LogP contribution is -2.35. The van der Waals surface area contributed by atoms with Crippen LogP contribution in [0.5, 0.6) is 0 Å². The first kappa shape index (κ1) is 14.4. The average Bonchev–Trinajstić information content (AvgIpc) is 2.25. The number of alkyl halides is 3. The van der Waals surface area contributed by atoms with Gasteiger partial charge in [0.05, 0.1) is 0 Å². The van der Waals surface area contributed by atoms with Gasteiger partial charge in [-0.3, -0.25) is 0 Å². The molecule has 0 atom stereocenters. The molecule has 1 rings (SSSR count). The molecule has 4 nitrogen and oxygen atoms in total. The molecule has 0 fully saturated rings. The highest BCUT2D eigenvalue weighted by molar-refractivity contribution is 5.48. The van der Waals surface area contributed by atoms with Crippen LogP contribution >= 0.6 is 0 Å². The van der Waals surface area contributed by atoms with Crippen LogP contribution in [0.4, 0.5) is 33.6 Å². The van der Waals surface area contributed by atoms with Gasteiger partial charge in [-0.1, -0.05) is 0 Å². The number of rotatable bonds is 4. The predicted molar refractivity (Wildman–Crippen MR) is 55.9 cm³/mol. The number of aromatic nitrogens is 1. The van der Waals surface area contributed by atoms with Crippen LogP contribution in [0.3, 0.4) is 0 Å². The lowest BCUT2D eigenvalue weighted by atomic mass is 10.3. The Hall–Kier alpha value is -1.64. The number of anilines is 2. The van der Waals surface area contributed by atoms with E-state index < -0.39 is 36.0 Å². The Bertz CT molecular complexity index is 420. The largest absolute Gasteiger partial charge is 0.405 e. The molecule has 0 saturated carbocycles. The summed E-state index contributed by atoms with van der Waals surface area (Å²) in [5.74, 6) is 1.53. The molecule has 0 spiro atoms. The normalized spacial score (nSPS) is 11.5. The highest BCUT2D eigenvalue weighted by Crippen LogP contribution is 2.25. The van der Waals surface area contributed by atoms with Gasteiger partial charge in [0.25, 0.3) is 0 Å². The summed E-state index contributed by atoms with van der Waals surface area (Å²) in [6.07, 6.45) is -4.52. The Morgan fingerprint density at radius 1 is 1.33 bits per heavy atom. The first-order chi connectivity index (χ1) is 8.28. The number of hydrogen-bond acceptors (Lipinski definition) is 4. The Labute approximate surface area is 99.6 Å². The number of nitrogens with zero attached hydrogens (tertiary/aromatic N) is 2. The van der Waals surface area contributed by atoms with Gasteiger partial charge in [-0.2, -0.15) is 13.2 Å². The first-order valence-electron chi connectivity index (χ1n) is 4.92. The SMILES string of the molecule is CCN(CC(F)(F)F)c1nc(NN)c(F)cc1F. The van der Waals surface area contributed by atoms with E-state index in [0.29, 0.717) is 11.0 Å². The fourth-order valence-electron chi connectivity index (χ4n) is 1.33. The summed E-state index contributed by atoms with van der Waals surface area (Å²) in [5, 5.41) is 0. The lowest BCUT2D eigenvalue weighted by Gasteiger charge is -2.24. The number of pyridine rings is 1. The molecular formula is C9H11F5N4. The van der Waals surface area contributed by atoms with E-state index in [4.69, 9.17) is 5.84 Å². The molecule has 0 aliphatic rings. The molecule has 18 heavy (non-hydrogen) atoms. The third-order valence-electron chi connectivity index (χ3n) is 2.10. The van der Waals surface area contributed by atoms with Crippen molar-refractivity contribution in [2.24, 2.45) is 5.84 Å². The fraction of sp³-hybridized carbons (Fsp3) is 0.444. The minimum absolute atomic E-state index is 0.140. The number of nitrogens with two attached hydrogens (primary N) is 1. The maximum absolute atomic E-state index is 13.4. The molecule has 0 aromatic carbocycles. The van der Waals surface area contributed by atoms with E-state index in [1.807, 2.05) is 5.43 Å². The van der Waals surface area contributed by atoms with E-state index >= 15 is 0 Å². The van der Waals surface area contributed by atoms with Crippen LogP contribution in [0.15, 0.2) is 6.07 Å². The molecule has 9 heteroatoms. The summed E-state index contributed by atoms with van der Waals surface area (Å²) in [6.45, 7) is -0.131. The Kier molecular flexibility index (Phi) is 4.28. The van der Waals surface area contributed by atoms with Crippen molar-refractivity contribution in [3.05, 3.63) is 17.7 Å². The lowest BCUT2D eigenvalue weighted by molar-refractivity contribution is -0.119. The van der Waals surface area contributed by atoms with Crippen molar-refractivity contribution in [2.75, 3.05) is 23.4 Å². The van der Waals surface area contributed by atoms with Gasteiger partial charge in [0.1, 0.15) is 6.54 Å². The van der Waals surface area contributed by atoms with Crippen LogP contribution in [-0.4, -0.2) is 24.2 Å². The van der Waals surface area contributed by atoms with E-state index in [-0.39, 0.29) is 6.54 Å². The third-order valence-corrected chi connectivity index (χ3v) is 2.10. The second-order valence-corrected chi connectivity index (χ2v) is 3.40. The first-order valence-corrected chi connectivity index (χ1v) is 4.92. The molecule has 102 valence electrons. The molecule has 1 aromatic rings. The third kappa shape index (κ3) is 3.42. The zero-order valence-electron chi connectivity index (χ0n) is 9.35. The van der Waals surface area contributed by atoms with Gasteiger partial charge in [0.15, 0.2) is 23.3 Å². The van der Waals surface area contributed by atoms with Crippen LogP contribution in [0, 0.1) is 11.6 Å². The monoisotopic (exact) mass is 270 g/mol. The van der Waals surface area contributed by atoms with Crippen molar-refractivity contribution in [1.82, 2.24) is 4.98 Å². The van der Waals surface area contributed by atoms with Crippen LogP contribution in [0.2, 0.25) is 0 Å². The topological polar surface area (TPSA) is 54.2 Å². The van der Waals surface area contributed by atoms with Crippen molar-refractivity contribution >= 4 is 11.6 Å². The number of halogens is 5. The summed E-state index contributed by atoms with van der Waals surface area (Å²) in [5.41, 5.74) is 1.84. The standard InChI is InChI=1S/C9H11F5N4/c1-2-18(4-9(12,13)14)8-6(11)3-5(10)7(16-8)17-15/h3H,2,4,15H2,1H3,(H,16,17).